The van der Waals surface area contributed by atoms with Crippen molar-refractivity contribution in [1.29, 1.82) is 0 Å². The molecule has 1 aliphatic carbocycles. The van der Waals surface area contributed by atoms with Crippen molar-refractivity contribution in [3.63, 3.8) is 0 Å². The maximum atomic E-state index is 12.9. The smallest absolute Gasteiger partial charge is 0.262 e. The van der Waals surface area contributed by atoms with Gasteiger partial charge in [-0.1, -0.05) is 20.8 Å². The van der Waals surface area contributed by atoms with Crippen LogP contribution in [-0.4, -0.2) is 18.4 Å². The number of carbonyl (C=O) groups excluding carboxylic acids is 2. The number of benzene rings is 1. The van der Waals surface area contributed by atoms with Crippen molar-refractivity contribution >= 4 is 28.2 Å². The Morgan fingerprint density at radius 3 is 2.57 bits per heavy atom. The number of hydrogen-bond acceptors (Lipinski definition) is 4. The lowest BCUT2D eigenvalue weighted by atomic mass is 9.72. The Bertz CT molecular complexity index is 884. The predicted octanol–water partition coefficient (Wildman–Crippen LogP) is 4.15. The van der Waals surface area contributed by atoms with E-state index in [1.54, 1.807) is 0 Å². The highest BCUT2D eigenvalue weighted by molar-refractivity contribution is 7.17. The van der Waals surface area contributed by atoms with Crippen LogP contribution in [0.3, 0.4) is 0 Å². The van der Waals surface area contributed by atoms with Crippen LogP contribution in [0, 0.1) is 17.2 Å². The summed E-state index contributed by atoms with van der Waals surface area (Å²) in [6, 6.07) is 5.43. The first-order valence-electron chi connectivity index (χ1n) is 9.27. The predicted molar refractivity (Wildman–Crippen MR) is 108 cm³/mol. The molecule has 150 valence electrons. The van der Waals surface area contributed by atoms with Gasteiger partial charge in [0.1, 0.15) is 16.6 Å². The van der Waals surface area contributed by atoms with E-state index in [4.69, 9.17) is 10.5 Å². The average molecular weight is 405 g/mol. The maximum Gasteiger partial charge on any atom is 0.262 e. The summed E-state index contributed by atoms with van der Waals surface area (Å²) in [5.41, 5.74) is 7.17. The fraction of sp³-hybridized carbons (Fsp3) is 0.429. The second-order valence-corrected chi connectivity index (χ2v) is 9.27. The third-order valence-corrected chi connectivity index (χ3v) is 6.34. The summed E-state index contributed by atoms with van der Waals surface area (Å²) < 4.78 is 18.3. The molecule has 0 saturated carbocycles. The first kappa shape index (κ1) is 20.3. The Kier molecular flexibility index (Phi) is 5.74. The lowest BCUT2D eigenvalue weighted by Crippen LogP contribution is -2.27. The van der Waals surface area contributed by atoms with Crippen molar-refractivity contribution in [2.24, 2.45) is 17.1 Å². The number of amides is 2. The van der Waals surface area contributed by atoms with E-state index < -0.39 is 11.8 Å². The van der Waals surface area contributed by atoms with Crippen molar-refractivity contribution in [3.8, 4) is 5.75 Å². The summed E-state index contributed by atoms with van der Waals surface area (Å²) >= 11 is 1.42. The summed E-state index contributed by atoms with van der Waals surface area (Å²) in [7, 11) is 0. The molecule has 0 fully saturated rings. The third-order valence-electron chi connectivity index (χ3n) is 5.17. The zero-order valence-electron chi connectivity index (χ0n) is 16.3. The number of rotatable bonds is 5. The molecule has 28 heavy (non-hydrogen) atoms. The Balaban J connectivity index is 1.73. The molecule has 1 aromatic heterocycles. The highest BCUT2D eigenvalue weighted by atomic mass is 32.1. The van der Waals surface area contributed by atoms with Crippen LogP contribution in [-0.2, 0) is 17.6 Å². The van der Waals surface area contributed by atoms with Gasteiger partial charge >= 0.3 is 0 Å². The van der Waals surface area contributed by atoms with E-state index in [9.17, 15) is 14.0 Å². The molecule has 0 spiro atoms. The van der Waals surface area contributed by atoms with Gasteiger partial charge in [-0.25, -0.2) is 4.39 Å². The zero-order chi connectivity index (χ0) is 20.5. The van der Waals surface area contributed by atoms with Crippen LogP contribution >= 0.6 is 11.3 Å². The van der Waals surface area contributed by atoms with Crippen LogP contribution < -0.4 is 15.8 Å². The zero-order valence-corrected chi connectivity index (χ0v) is 17.1. The van der Waals surface area contributed by atoms with Crippen LogP contribution in [0.1, 0.15) is 48.0 Å². The highest BCUT2D eigenvalue weighted by Crippen LogP contribution is 2.44. The van der Waals surface area contributed by atoms with Gasteiger partial charge in [0.25, 0.3) is 11.8 Å². The van der Waals surface area contributed by atoms with Gasteiger partial charge < -0.3 is 15.8 Å². The average Bonchev–Trinajstić information content (AvgIpc) is 2.97. The van der Waals surface area contributed by atoms with E-state index in [-0.39, 0.29) is 17.8 Å². The van der Waals surface area contributed by atoms with Crippen molar-refractivity contribution < 1.29 is 18.7 Å². The molecule has 0 radical (unpaired) electrons. The van der Waals surface area contributed by atoms with E-state index in [0.717, 1.165) is 29.7 Å². The topological polar surface area (TPSA) is 81.4 Å². The molecule has 5 nitrogen and oxygen atoms in total. The molecule has 0 unspecified atom stereocenters. The molecule has 2 amide bonds. The number of anilines is 1. The van der Waals surface area contributed by atoms with Gasteiger partial charge in [-0.05, 0) is 60.4 Å². The van der Waals surface area contributed by atoms with Crippen LogP contribution in [0.4, 0.5) is 9.39 Å². The van der Waals surface area contributed by atoms with Crippen LogP contribution in [0.2, 0.25) is 0 Å². The fourth-order valence-electron chi connectivity index (χ4n) is 3.52. The maximum absolute atomic E-state index is 12.9. The lowest BCUT2D eigenvalue weighted by Gasteiger charge is -2.33. The SMILES string of the molecule is CC(C)(C)[C@H]1CCc2c(sc(NC(=O)COc3ccc(F)cc3)c2C(N)=O)C1. The quantitative estimate of drug-likeness (QED) is 0.785. The molecular weight excluding hydrogens is 379 g/mol. The number of hydrogen-bond donors (Lipinski definition) is 2. The van der Waals surface area contributed by atoms with E-state index in [0.29, 0.717) is 22.2 Å². The minimum absolute atomic E-state index is 0.182. The third kappa shape index (κ3) is 4.52. The number of nitrogens with two attached hydrogens (primary N) is 1. The summed E-state index contributed by atoms with van der Waals surface area (Å²) in [5.74, 6) is -0.380. The minimum Gasteiger partial charge on any atom is -0.484 e. The monoisotopic (exact) mass is 404 g/mol. The van der Waals surface area contributed by atoms with Crippen molar-refractivity contribution in [2.45, 2.75) is 40.0 Å². The summed E-state index contributed by atoms with van der Waals surface area (Å²) in [6.07, 6.45) is 2.66. The van der Waals surface area contributed by atoms with Gasteiger partial charge in [-0.2, -0.15) is 0 Å². The van der Waals surface area contributed by atoms with Crippen molar-refractivity contribution in [2.75, 3.05) is 11.9 Å². The first-order chi connectivity index (χ1) is 13.1. The van der Waals surface area contributed by atoms with E-state index in [2.05, 4.69) is 26.1 Å². The molecule has 7 heteroatoms. The van der Waals surface area contributed by atoms with Gasteiger partial charge in [0.15, 0.2) is 6.61 Å². The Morgan fingerprint density at radius 2 is 1.96 bits per heavy atom. The van der Waals surface area contributed by atoms with Crippen molar-refractivity contribution in [1.82, 2.24) is 0 Å². The fourth-order valence-corrected chi connectivity index (χ4v) is 4.87. The second-order valence-electron chi connectivity index (χ2n) is 8.17. The highest BCUT2D eigenvalue weighted by Gasteiger charge is 2.33. The number of fused-ring (bicyclic) bond motifs is 1. The number of thiophene rings is 1. The molecule has 1 aliphatic rings. The van der Waals surface area contributed by atoms with Gasteiger partial charge in [-0.15, -0.1) is 11.3 Å². The molecule has 1 heterocycles. The lowest BCUT2D eigenvalue weighted by molar-refractivity contribution is -0.118. The molecule has 0 bridgehead atoms. The summed E-state index contributed by atoms with van der Waals surface area (Å²) in [4.78, 5) is 25.5. The van der Waals surface area contributed by atoms with Crippen LogP contribution in [0.25, 0.3) is 0 Å². The molecule has 0 saturated heterocycles. The minimum atomic E-state index is -0.526. The summed E-state index contributed by atoms with van der Waals surface area (Å²) in [6.45, 7) is 6.43. The van der Waals surface area contributed by atoms with Gasteiger partial charge in [0, 0.05) is 4.88 Å². The number of primary amides is 1. The van der Waals surface area contributed by atoms with Gasteiger partial charge in [0.2, 0.25) is 0 Å². The Hall–Kier alpha value is -2.41. The summed E-state index contributed by atoms with van der Waals surface area (Å²) in [5, 5.41) is 3.25. The molecule has 1 aromatic carbocycles. The Morgan fingerprint density at radius 1 is 1.29 bits per heavy atom. The van der Waals surface area contributed by atoms with Gasteiger partial charge in [-0.3, -0.25) is 9.59 Å². The standard InChI is InChI=1S/C21H25FN2O3S/c1-21(2,3)12-4-9-15-16(10-12)28-20(18(15)19(23)26)24-17(25)11-27-14-7-5-13(22)6-8-14/h5-8,12H,4,9-11H2,1-3H3,(H2,23,26)(H,24,25)/t12-/m0/s1. The number of nitrogens with one attached hydrogen (secondary N) is 1. The number of halogens is 1. The molecule has 3 N–H and O–H groups in total. The molecule has 0 aliphatic heterocycles. The Labute approximate surface area is 168 Å². The number of carbonyl (C=O) groups is 2. The molecule has 3 rings (SSSR count). The van der Waals surface area contributed by atoms with E-state index in [1.807, 2.05) is 0 Å². The van der Waals surface area contributed by atoms with E-state index in [1.165, 1.54) is 35.6 Å². The molecular formula is C21H25FN2O3S. The van der Waals surface area contributed by atoms with Crippen molar-refractivity contribution in [3.05, 3.63) is 46.1 Å². The largest absolute Gasteiger partial charge is 0.484 e. The number of ether oxygens (including phenoxy) is 1. The molecule has 1 atom stereocenters. The normalized spacial score (nSPS) is 16.4. The molecule has 2 aromatic rings. The second kappa shape index (κ2) is 7.91. The van der Waals surface area contributed by atoms with Crippen LogP contribution in [0.15, 0.2) is 24.3 Å². The van der Waals surface area contributed by atoms with Crippen LogP contribution in [0.5, 0.6) is 5.75 Å². The first-order valence-corrected chi connectivity index (χ1v) is 10.1. The van der Waals surface area contributed by atoms with Gasteiger partial charge in [0.05, 0.1) is 5.56 Å². The van der Waals surface area contributed by atoms with E-state index >= 15 is 0 Å².